The van der Waals surface area contributed by atoms with Gasteiger partial charge in [0.2, 0.25) is 0 Å². The van der Waals surface area contributed by atoms with Crippen LogP contribution in [0.3, 0.4) is 0 Å². The summed E-state index contributed by atoms with van der Waals surface area (Å²) in [4.78, 5) is 24.9. The fourth-order valence-electron chi connectivity index (χ4n) is 2.03. The molecule has 0 aliphatic carbocycles. The molecule has 26 heavy (non-hydrogen) atoms. The van der Waals surface area contributed by atoms with Crippen molar-refractivity contribution in [3.63, 3.8) is 0 Å². The first-order valence-electron chi connectivity index (χ1n) is 7.75. The van der Waals surface area contributed by atoms with Crippen molar-refractivity contribution in [3.8, 4) is 11.8 Å². The molecule has 0 aliphatic rings. The summed E-state index contributed by atoms with van der Waals surface area (Å²) in [5.74, 6) is -1.16. The van der Waals surface area contributed by atoms with Gasteiger partial charge in [-0.3, -0.25) is 4.79 Å². The van der Waals surface area contributed by atoms with E-state index in [4.69, 9.17) is 14.7 Å². The van der Waals surface area contributed by atoms with Crippen LogP contribution < -0.4 is 4.74 Å². The van der Waals surface area contributed by atoms with E-state index >= 15 is 0 Å². The minimum Gasteiger partial charge on any atom is -0.482 e. The molecule has 0 saturated carbocycles. The van der Waals surface area contributed by atoms with Gasteiger partial charge in [0.25, 0.3) is 5.91 Å². The van der Waals surface area contributed by atoms with Crippen molar-refractivity contribution in [1.29, 1.82) is 5.26 Å². The van der Waals surface area contributed by atoms with Gasteiger partial charge in [-0.2, -0.15) is 5.26 Å². The summed E-state index contributed by atoms with van der Waals surface area (Å²) in [6.45, 7) is -0.748. The minimum absolute atomic E-state index is 0.0742. The summed E-state index contributed by atoms with van der Waals surface area (Å²) >= 11 is 0. The van der Waals surface area contributed by atoms with Crippen molar-refractivity contribution in [2.45, 2.75) is 6.54 Å². The summed E-state index contributed by atoms with van der Waals surface area (Å²) in [6, 6.07) is 14.3. The summed E-state index contributed by atoms with van der Waals surface area (Å²) in [7, 11) is 1.50. The van der Waals surface area contributed by atoms with Gasteiger partial charge in [-0.05, 0) is 30.3 Å². The fourth-order valence-corrected chi connectivity index (χ4v) is 2.03. The Morgan fingerprint density at radius 2 is 1.81 bits per heavy atom. The zero-order valence-electron chi connectivity index (χ0n) is 14.1. The van der Waals surface area contributed by atoms with Crippen LogP contribution in [0.1, 0.15) is 11.1 Å². The monoisotopic (exact) mass is 356 g/mol. The molecule has 2 rings (SSSR count). The Balaban J connectivity index is 1.74. The second kappa shape index (κ2) is 9.18. The number of halogens is 1. The van der Waals surface area contributed by atoms with E-state index in [1.54, 1.807) is 42.5 Å². The molecule has 6 nitrogen and oxygen atoms in total. The Hall–Kier alpha value is -3.40. The van der Waals surface area contributed by atoms with E-state index in [1.807, 2.05) is 6.07 Å². The van der Waals surface area contributed by atoms with Crippen molar-refractivity contribution in [1.82, 2.24) is 4.90 Å². The van der Waals surface area contributed by atoms with Gasteiger partial charge in [0, 0.05) is 19.2 Å². The highest BCUT2D eigenvalue weighted by Gasteiger charge is 2.14. The third kappa shape index (κ3) is 5.60. The highest BCUT2D eigenvalue weighted by Crippen LogP contribution is 2.11. The molecule has 7 heteroatoms. The number of carbonyl (C=O) groups is 2. The number of rotatable bonds is 7. The molecular formula is C19H17FN2O4. The van der Waals surface area contributed by atoms with E-state index in [0.29, 0.717) is 16.9 Å². The van der Waals surface area contributed by atoms with Gasteiger partial charge in [0.1, 0.15) is 11.6 Å². The maximum absolute atomic E-state index is 13.6. The lowest BCUT2D eigenvalue weighted by molar-refractivity contribution is -0.153. The van der Waals surface area contributed by atoms with Crippen LogP contribution in [-0.2, 0) is 20.9 Å². The zero-order valence-corrected chi connectivity index (χ0v) is 14.1. The number of benzene rings is 2. The molecule has 0 radical (unpaired) electrons. The van der Waals surface area contributed by atoms with Gasteiger partial charge in [0.15, 0.2) is 13.2 Å². The van der Waals surface area contributed by atoms with Crippen LogP contribution in [0.4, 0.5) is 4.39 Å². The van der Waals surface area contributed by atoms with Crippen LogP contribution in [0, 0.1) is 17.1 Å². The summed E-state index contributed by atoms with van der Waals surface area (Å²) < 4.78 is 23.7. The standard InChI is InChI=1S/C19H17FN2O4/c1-22(11-15-4-2-3-5-17(15)20)18(23)12-26-19(24)13-25-16-8-6-14(10-21)7-9-16/h2-9H,11-13H2,1H3. The normalized spacial score (nSPS) is 9.88. The summed E-state index contributed by atoms with van der Waals surface area (Å²) in [6.07, 6.45) is 0. The molecule has 0 fully saturated rings. The number of likely N-dealkylation sites (N-methyl/N-ethyl adjacent to an activating group) is 1. The quantitative estimate of drug-likeness (QED) is 0.711. The van der Waals surface area contributed by atoms with Gasteiger partial charge in [-0.15, -0.1) is 0 Å². The molecule has 0 aromatic heterocycles. The smallest absolute Gasteiger partial charge is 0.344 e. The molecule has 134 valence electrons. The molecule has 2 aromatic carbocycles. The van der Waals surface area contributed by atoms with Crippen molar-refractivity contribution in [2.24, 2.45) is 0 Å². The highest BCUT2D eigenvalue weighted by atomic mass is 19.1. The Kier molecular flexibility index (Phi) is 6.68. The number of nitriles is 1. The first-order chi connectivity index (χ1) is 12.5. The number of amides is 1. The Morgan fingerprint density at radius 1 is 1.12 bits per heavy atom. The number of hydrogen-bond donors (Lipinski definition) is 0. The average Bonchev–Trinajstić information content (AvgIpc) is 2.66. The number of nitrogens with zero attached hydrogens (tertiary/aromatic N) is 2. The van der Waals surface area contributed by atoms with Gasteiger partial charge in [-0.1, -0.05) is 18.2 Å². The van der Waals surface area contributed by atoms with Crippen molar-refractivity contribution in [3.05, 3.63) is 65.5 Å². The second-order valence-electron chi connectivity index (χ2n) is 5.43. The molecule has 0 spiro atoms. The molecule has 0 aliphatic heterocycles. The first kappa shape index (κ1) is 18.9. The first-order valence-corrected chi connectivity index (χ1v) is 7.75. The number of esters is 1. The maximum Gasteiger partial charge on any atom is 0.344 e. The van der Waals surface area contributed by atoms with Gasteiger partial charge in [0.05, 0.1) is 11.6 Å². The fraction of sp³-hybridized carbons (Fsp3) is 0.211. The van der Waals surface area contributed by atoms with Crippen LogP contribution >= 0.6 is 0 Å². The molecule has 0 bridgehead atoms. The van der Waals surface area contributed by atoms with E-state index in [-0.39, 0.29) is 13.2 Å². The Labute approximate surface area is 150 Å². The number of hydrogen-bond acceptors (Lipinski definition) is 5. The van der Waals surface area contributed by atoms with Crippen LogP contribution in [0.15, 0.2) is 48.5 Å². The highest BCUT2D eigenvalue weighted by molar-refractivity contribution is 5.80. The average molecular weight is 356 g/mol. The Bertz CT molecular complexity index is 815. The SMILES string of the molecule is CN(Cc1ccccc1F)C(=O)COC(=O)COc1ccc(C#N)cc1. The molecule has 1 amide bonds. The third-order valence-electron chi connectivity index (χ3n) is 3.49. The van der Waals surface area contributed by atoms with Crippen molar-refractivity contribution in [2.75, 3.05) is 20.3 Å². The van der Waals surface area contributed by atoms with E-state index in [1.165, 1.54) is 18.0 Å². The Morgan fingerprint density at radius 3 is 2.46 bits per heavy atom. The largest absolute Gasteiger partial charge is 0.482 e. The van der Waals surface area contributed by atoms with Gasteiger partial charge < -0.3 is 14.4 Å². The number of ether oxygens (including phenoxy) is 2. The lowest BCUT2D eigenvalue weighted by Gasteiger charge is -2.17. The molecule has 0 saturated heterocycles. The van der Waals surface area contributed by atoms with Crippen LogP contribution in [-0.4, -0.2) is 37.0 Å². The molecule has 0 atom stereocenters. The van der Waals surface area contributed by atoms with Crippen LogP contribution in [0.2, 0.25) is 0 Å². The van der Waals surface area contributed by atoms with Gasteiger partial charge >= 0.3 is 5.97 Å². The third-order valence-corrected chi connectivity index (χ3v) is 3.49. The molecule has 0 unspecified atom stereocenters. The van der Waals surface area contributed by atoms with Crippen molar-refractivity contribution < 1.29 is 23.5 Å². The molecule has 0 heterocycles. The van der Waals surface area contributed by atoms with E-state index in [2.05, 4.69) is 0 Å². The molecule has 0 N–H and O–H groups in total. The van der Waals surface area contributed by atoms with Gasteiger partial charge in [-0.25, -0.2) is 9.18 Å². The summed E-state index contributed by atoms with van der Waals surface area (Å²) in [5, 5.41) is 8.70. The van der Waals surface area contributed by atoms with E-state index in [0.717, 1.165) is 0 Å². The van der Waals surface area contributed by atoms with E-state index in [9.17, 15) is 14.0 Å². The van der Waals surface area contributed by atoms with Crippen LogP contribution in [0.25, 0.3) is 0 Å². The number of carbonyl (C=O) groups excluding carboxylic acids is 2. The topological polar surface area (TPSA) is 79.6 Å². The van der Waals surface area contributed by atoms with Crippen molar-refractivity contribution >= 4 is 11.9 Å². The second-order valence-corrected chi connectivity index (χ2v) is 5.43. The van der Waals surface area contributed by atoms with E-state index < -0.39 is 24.3 Å². The minimum atomic E-state index is -0.706. The summed E-state index contributed by atoms with van der Waals surface area (Å²) in [5.41, 5.74) is 0.849. The van der Waals surface area contributed by atoms with Crippen LogP contribution in [0.5, 0.6) is 5.75 Å². The molecule has 2 aromatic rings. The molecular weight excluding hydrogens is 339 g/mol. The lowest BCUT2D eigenvalue weighted by Crippen LogP contribution is -2.31. The predicted octanol–water partition coefficient (Wildman–Crippen LogP) is 2.28. The zero-order chi connectivity index (χ0) is 18.9. The predicted molar refractivity (Wildman–Crippen MR) is 90.5 cm³/mol. The maximum atomic E-state index is 13.6. The lowest BCUT2D eigenvalue weighted by atomic mass is 10.2.